The summed E-state index contributed by atoms with van der Waals surface area (Å²) in [6.45, 7) is 3.34. The second-order valence-electron chi connectivity index (χ2n) is 3.35. The molecule has 1 rings (SSSR count). The lowest BCUT2D eigenvalue weighted by atomic mass is 9.87. The normalized spacial score (nSPS) is 28.5. The van der Waals surface area contributed by atoms with E-state index in [1.807, 2.05) is 0 Å². The predicted molar refractivity (Wildman–Crippen MR) is 50.9 cm³/mol. The van der Waals surface area contributed by atoms with Gasteiger partial charge >= 0.3 is 0 Å². The average Bonchev–Trinajstić information content (AvgIpc) is 2.01. The molecule has 0 aromatic carbocycles. The molecule has 0 atom stereocenters. The fourth-order valence-electron chi connectivity index (χ4n) is 1.53. The van der Waals surface area contributed by atoms with Crippen molar-refractivity contribution in [2.45, 2.75) is 24.9 Å². The number of hydrogen-bond acceptors (Lipinski definition) is 4. The van der Waals surface area contributed by atoms with Crippen molar-refractivity contribution in [1.82, 2.24) is 10.6 Å². The zero-order valence-corrected chi connectivity index (χ0v) is 7.55. The van der Waals surface area contributed by atoms with E-state index in [9.17, 15) is 0 Å². The van der Waals surface area contributed by atoms with Crippen LogP contribution >= 0.6 is 0 Å². The molecular formula is C8H20N4. The van der Waals surface area contributed by atoms with E-state index in [-0.39, 0.29) is 0 Å². The second kappa shape index (κ2) is 5.48. The van der Waals surface area contributed by atoms with Gasteiger partial charge in [-0.3, -0.25) is 0 Å². The van der Waals surface area contributed by atoms with Crippen molar-refractivity contribution in [1.29, 1.82) is 0 Å². The first-order chi connectivity index (χ1) is 5.86. The number of nitrogens with one attached hydrogen (secondary N) is 2. The van der Waals surface area contributed by atoms with Crippen molar-refractivity contribution >= 4 is 0 Å². The van der Waals surface area contributed by atoms with Gasteiger partial charge in [-0.2, -0.15) is 0 Å². The van der Waals surface area contributed by atoms with E-state index in [1.54, 1.807) is 0 Å². The van der Waals surface area contributed by atoms with Gasteiger partial charge in [-0.25, -0.2) is 0 Å². The maximum atomic E-state index is 5.38. The summed E-state index contributed by atoms with van der Waals surface area (Å²) >= 11 is 0. The van der Waals surface area contributed by atoms with Crippen LogP contribution in [0.5, 0.6) is 0 Å². The summed E-state index contributed by atoms with van der Waals surface area (Å²) in [5.74, 6) is 0. The van der Waals surface area contributed by atoms with Crippen molar-refractivity contribution in [3.63, 3.8) is 0 Å². The lowest BCUT2D eigenvalue weighted by Crippen LogP contribution is -2.52. The molecule has 0 amide bonds. The van der Waals surface area contributed by atoms with E-state index in [0.29, 0.717) is 12.1 Å². The number of nitrogens with two attached hydrogens (primary N) is 2. The van der Waals surface area contributed by atoms with Crippen molar-refractivity contribution in [2.24, 2.45) is 11.5 Å². The zero-order chi connectivity index (χ0) is 8.81. The highest BCUT2D eigenvalue weighted by atomic mass is 15.0. The zero-order valence-electron chi connectivity index (χ0n) is 7.55. The van der Waals surface area contributed by atoms with Gasteiger partial charge in [-0.1, -0.05) is 0 Å². The molecular weight excluding hydrogens is 152 g/mol. The van der Waals surface area contributed by atoms with E-state index in [0.717, 1.165) is 26.2 Å². The largest absolute Gasteiger partial charge is 0.329 e. The third-order valence-electron chi connectivity index (χ3n) is 2.29. The van der Waals surface area contributed by atoms with Gasteiger partial charge in [0.15, 0.2) is 0 Å². The fraction of sp³-hybridized carbons (Fsp3) is 1.00. The molecule has 0 aromatic rings. The molecule has 0 aromatic heterocycles. The molecule has 0 saturated heterocycles. The quantitative estimate of drug-likeness (QED) is 0.398. The van der Waals surface area contributed by atoms with Gasteiger partial charge in [0.1, 0.15) is 0 Å². The van der Waals surface area contributed by atoms with E-state index in [2.05, 4.69) is 10.6 Å². The maximum Gasteiger partial charge on any atom is 0.00972 e. The minimum atomic E-state index is 0.684. The molecule has 1 aliphatic rings. The summed E-state index contributed by atoms with van der Waals surface area (Å²) in [5, 5.41) is 6.76. The van der Waals surface area contributed by atoms with E-state index in [1.165, 1.54) is 12.8 Å². The van der Waals surface area contributed by atoms with Crippen LogP contribution in [0.3, 0.4) is 0 Å². The molecule has 0 radical (unpaired) electrons. The van der Waals surface area contributed by atoms with Gasteiger partial charge in [0.2, 0.25) is 0 Å². The Balaban J connectivity index is 1.89. The third-order valence-corrected chi connectivity index (χ3v) is 2.29. The molecule has 0 bridgehead atoms. The Morgan fingerprint density at radius 2 is 1.33 bits per heavy atom. The average molecular weight is 172 g/mol. The van der Waals surface area contributed by atoms with Crippen LogP contribution in [0.25, 0.3) is 0 Å². The van der Waals surface area contributed by atoms with Crippen molar-refractivity contribution in [3.8, 4) is 0 Å². The van der Waals surface area contributed by atoms with Gasteiger partial charge in [0, 0.05) is 38.3 Å². The minimum Gasteiger partial charge on any atom is -0.329 e. The SMILES string of the molecule is NCCNC1CC(NCCN)C1. The van der Waals surface area contributed by atoms with Crippen molar-refractivity contribution in [3.05, 3.63) is 0 Å². The maximum absolute atomic E-state index is 5.38. The highest BCUT2D eigenvalue weighted by Gasteiger charge is 2.27. The van der Waals surface area contributed by atoms with Crippen LogP contribution in [0.4, 0.5) is 0 Å². The Morgan fingerprint density at radius 3 is 1.67 bits per heavy atom. The van der Waals surface area contributed by atoms with Crippen LogP contribution in [-0.4, -0.2) is 38.3 Å². The Labute approximate surface area is 74.1 Å². The molecule has 1 fully saturated rings. The van der Waals surface area contributed by atoms with E-state index < -0.39 is 0 Å². The lowest BCUT2D eigenvalue weighted by Gasteiger charge is -2.36. The fourth-order valence-corrected chi connectivity index (χ4v) is 1.53. The lowest BCUT2D eigenvalue weighted by molar-refractivity contribution is 0.253. The number of hydrogen-bond donors (Lipinski definition) is 4. The van der Waals surface area contributed by atoms with E-state index in [4.69, 9.17) is 11.5 Å². The Kier molecular flexibility index (Phi) is 4.53. The number of rotatable bonds is 6. The molecule has 0 heterocycles. The van der Waals surface area contributed by atoms with E-state index >= 15 is 0 Å². The molecule has 72 valence electrons. The molecule has 12 heavy (non-hydrogen) atoms. The summed E-state index contributed by atoms with van der Waals surface area (Å²) in [5.41, 5.74) is 10.8. The molecule has 0 aliphatic heterocycles. The standard InChI is InChI=1S/C8H20N4/c9-1-3-11-7-5-8(6-7)12-4-2-10/h7-8,11-12H,1-6,9-10H2. The van der Waals surface area contributed by atoms with Gasteiger partial charge < -0.3 is 22.1 Å². The molecule has 1 saturated carbocycles. The second-order valence-corrected chi connectivity index (χ2v) is 3.35. The summed E-state index contributed by atoms with van der Waals surface area (Å²) in [7, 11) is 0. The van der Waals surface area contributed by atoms with Crippen molar-refractivity contribution < 1.29 is 0 Å². The Bertz CT molecular complexity index is 99.6. The van der Waals surface area contributed by atoms with Crippen LogP contribution in [-0.2, 0) is 0 Å². The van der Waals surface area contributed by atoms with Gasteiger partial charge in [-0.15, -0.1) is 0 Å². The van der Waals surface area contributed by atoms with Crippen LogP contribution in [0.2, 0.25) is 0 Å². The topological polar surface area (TPSA) is 76.1 Å². The monoisotopic (exact) mass is 172 g/mol. The molecule has 4 heteroatoms. The third kappa shape index (κ3) is 3.06. The smallest absolute Gasteiger partial charge is 0.00972 e. The minimum absolute atomic E-state index is 0.684. The molecule has 0 spiro atoms. The molecule has 1 aliphatic carbocycles. The first-order valence-corrected chi connectivity index (χ1v) is 4.73. The summed E-state index contributed by atoms with van der Waals surface area (Å²) in [6.07, 6.45) is 2.44. The van der Waals surface area contributed by atoms with Crippen molar-refractivity contribution in [2.75, 3.05) is 26.2 Å². The van der Waals surface area contributed by atoms with Gasteiger partial charge in [0.05, 0.1) is 0 Å². The van der Waals surface area contributed by atoms with Gasteiger partial charge in [0.25, 0.3) is 0 Å². The first kappa shape index (κ1) is 9.92. The van der Waals surface area contributed by atoms with Gasteiger partial charge in [-0.05, 0) is 12.8 Å². The highest BCUT2D eigenvalue weighted by Crippen LogP contribution is 2.18. The highest BCUT2D eigenvalue weighted by molar-refractivity contribution is 4.89. The first-order valence-electron chi connectivity index (χ1n) is 4.73. The molecule has 4 nitrogen and oxygen atoms in total. The van der Waals surface area contributed by atoms with Crippen LogP contribution < -0.4 is 22.1 Å². The molecule has 0 unspecified atom stereocenters. The predicted octanol–water partition coefficient (Wildman–Crippen LogP) is -1.39. The van der Waals surface area contributed by atoms with Crippen LogP contribution in [0.15, 0.2) is 0 Å². The Morgan fingerprint density at radius 1 is 0.917 bits per heavy atom. The van der Waals surface area contributed by atoms with Crippen LogP contribution in [0.1, 0.15) is 12.8 Å². The van der Waals surface area contributed by atoms with Crippen LogP contribution in [0, 0.1) is 0 Å². The molecule has 6 N–H and O–H groups in total. The Hall–Kier alpha value is -0.160. The summed E-state index contributed by atoms with van der Waals surface area (Å²) < 4.78 is 0. The summed E-state index contributed by atoms with van der Waals surface area (Å²) in [4.78, 5) is 0. The summed E-state index contributed by atoms with van der Waals surface area (Å²) in [6, 6.07) is 1.37.